The Morgan fingerprint density at radius 3 is 1.80 bits per heavy atom. The number of phenolic OH excluding ortho intramolecular Hbond substituents is 1. The van der Waals surface area contributed by atoms with Crippen molar-refractivity contribution >= 4 is 11.0 Å². The molecule has 10 aromatic rings. The summed E-state index contributed by atoms with van der Waals surface area (Å²) in [5.74, 6) is 0.462. The van der Waals surface area contributed by atoms with E-state index in [4.69, 9.17) is 26.4 Å². The third-order valence-corrected chi connectivity index (χ3v) is 13.9. The monoisotopic (exact) mass is 1160 g/mol. The van der Waals surface area contributed by atoms with Crippen LogP contribution in [0.5, 0.6) is 5.75 Å². The molecule has 0 aliphatic rings. The predicted octanol–water partition coefficient (Wildman–Crippen LogP) is 18.7. The van der Waals surface area contributed by atoms with E-state index in [9.17, 15) is 5.11 Å². The number of hydrogen-bond donors (Lipinski definition) is 1. The molecule has 5 heteroatoms. The molecule has 0 atom stereocenters. The first-order valence-electron chi connectivity index (χ1n) is 30.8. The third-order valence-electron chi connectivity index (χ3n) is 13.9. The van der Waals surface area contributed by atoms with E-state index in [1.54, 1.807) is 18.3 Å². The first kappa shape index (κ1) is 38.4. The van der Waals surface area contributed by atoms with Gasteiger partial charge < -0.3 is 5.11 Å². The zero-order chi connectivity index (χ0) is 61.3. The summed E-state index contributed by atoms with van der Waals surface area (Å²) < 4.78 is 104. The summed E-state index contributed by atoms with van der Waals surface area (Å²) in [7, 11) is 0. The maximum atomic E-state index is 12.6. The summed E-state index contributed by atoms with van der Waals surface area (Å²) in [5.41, 5.74) is 9.81. The van der Waals surface area contributed by atoms with E-state index >= 15 is 0 Å². The minimum absolute atomic E-state index is 0. The van der Waals surface area contributed by atoms with Crippen LogP contribution in [0.25, 0.3) is 95.0 Å². The smallest absolute Gasteiger partial charge is 0.148 e. The number of phenols is 1. The van der Waals surface area contributed by atoms with E-state index in [1.165, 1.54) is 24.3 Å². The number of aromatic nitrogens is 3. The second-order valence-electron chi connectivity index (χ2n) is 20.7. The van der Waals surface area contributed by atoms with E-state index < -0.39 is 32.8 Å². The Kier molecular flexibility index (Phi) is 10.7. The van der Waals surface area contributed by atoms with Crippen LogP contribution in [0.2, 0.25) is 0 Å². The van der Waals surface area contributed by atoms with Crippen LogP contribution >= 0.6 is 0 Å². The number of fused-ring (bicyclic) bond motifs is 1. The number of rotatable bonds is 10. The van der Waals surface area contributed by atoms with Crippen molar-refractivity contribution in [2.45, 2.75) is 98.5 Å². The molecule has 10 rings (SSSR count). The van der Waals surface area contributed by atoms with Crippen molar-refractivity contribution in [3.05, 3.63) is 216 Å². The second-order valence-corrected chi connectivity index (χ2v) is 20.7. The summed E-state index contributed by atoms with van der Waals surface area (Å²) >= 11 is 0. The second kappa shape index (κ2) is 20.6. The largest absolute Gasteiger partial charge is 0.507 e. The van der Waals surface area contributed by atoms with Gasteiger partial charge in [0.15, 0.2) is 0 Å². The van der Waals surface area contributed by atoms with Crippen LogP contribution in [-0.2, 0) is 31.9 Å². The minimum Gasteiger partial charge on any atom is -0.507 e. The molecule has 0 amide bonds. The fourth-order valence-electron chi connectivity index (χ4n) is 9.70. The van der Waals surface area contributed by atoms with Gasteiger partial charge in [0.2, 0.25) is 0 Å². The number of para-hydroxylation sites is 1. The molecule has 374 valence electrons. The molecule has 8 aromatic carbocycles. The van der Waals surface area contributed by atoms with Gasteiger partial charge in [0.05, 0.1) is 22.3 Å². The summed E-state index contributed by atoms with van der Waals surface area (Å²) in [6.45, 7) is 1.99. The van der Waals surface area contributed by atoms with Crippen molar-refractivity contribution in [2.75, 3.05) is 0 Å². The van der Waals surface area contributed by atoms with Crippen LogP contribution < -0.4 is 0 Å². The molecule has 0 unspecified atom stereocenters. The van der Waals surface area contributed by atoms with E-state index in [-0.39, 0.29) is 55.2 Å². The molecule has 0 spiro atoms. The van der Waals surface area contributed by atoms with Gasteiger partial charge in [-0.15, -0.1) is 23.8 Å². The zero-order valence-electron chi connectivity index (χ0n) is 54.6. The van der Waals surface area contributed by atoms with Gasteiger partial charge in [0, 0.05) is 55.0 Å². The summed E-state index contributed by atoms with van der Waals surface area (Å²) in [4.78, 5) is 10.4. The van der Waals surface area contributed by atoms with Crippen molar-refractivity contribution in [1.82, 2.24) is 14.5 Å². The number of aryl methyl sites for hydroxylation is 1. The normalized spacial score (nSPS) is 15.0. The molecule has 1 N–H and O–H groups in total. The zero-order valence-corrected chi connectivity index (χ0v) is 44.9. The van der Waals surface area contributed by atoms with E-state index in [0.29, 0.717) is 67.2 Å². The van der Waals surface area contributed by atoms with Crippen molar-refractivity contribution in [2.24, 2.45) is 0 Å². The molecule has 0 aliphatic heterocycles. The van der Waals surface area contributed by atoms with Crippen LogP contribution in [0.3, 0.4) is 0 Å². The Labute approximate surface area is 470 Å². The molecule has 2 aromatic heterocycles. The average Bonchev–Trinajstić information content (AvgIpc) is 0.943. The minimum atomic E-state index is -3.41. The van der Waals surface area contributed by atoms with Gasteiger partial charge in [-0.25, -0.2) is 4.98 Å². The molecular formula is C69H66N3OPt-. The summed E-state index contributed by atoms with van der Waals surface area (Å²) in [5, 5.41) is 12.6. The fraction of sp³-hybridized carbons (Fsp3) is 0.217. The summed E-state index contributed by atoms with van der Waals surface area (Å²) in [6.07, 6.45) is 1.63. The number of pyridine rings is 1. The van der Waals surface area contributed by atoms with Gasteiger partial charge >= 0.3 is 0 Å². The van der Waals surface area contributed by atoms with Crippen molar-refractivity contribution in [3.8, 4) is 89.7 Å². The van der Waals surface area contributed by atoms with Crippen molar-refractivity contribution < 1.29 is 42.6 Å². The van der Waals surface area contributed by atoms with Crippen LogP contribution in [0.4, 0.5) is 0 Å². The van der Waals surface area contributed by atoms with Crippen molar-refractivity contribution in [3.63, 3.8) is 0 Å². The first-order chi connectivity index (χ1) is 39.9. The molecular weight excluding hydrogens is 1080 g/mol. The van der Waals surface area contributed by atoms with Crippen LogP contribution in [0.15, 0.2) is 182 Å². The number of aromatic hydroxyl groups is 1. The van der Waals surface area contributed by atoms with Gasteiger partial charge in [0.1, 0.15) is 11.6 Å². The molecule has 2 heterocycles. The Balaban J connectivity index is 0.00000884. The number of nitrogens with zero attached hydrogens (tertiary/aromatic N) is 3. The molecule has 0 radical (unpaired) electrons. The van der Waals surface area contributed by atoms with Crippen LogP contribution in [0, 0.1) is 12.9 Å². The fourth-order valence-corrected chi connectivity index (χ4v) is 9.70. The van der Waals surface area contributed by atoms with Crippen LogP contribution in [-0.4, -0.2) is 19.6 Å². The molecule has 0 saturated heterocycles. The Hall–Kier alpha value is -7.13. The SMILES string of the molecule is [2H]C([2H])([2H])c1cc(-n2c(-c3cc(C(C)C)cc(C(C)C)c3O)nc3c(-c4[c-]c(-c5cc(-c6ccc(C(C([2H])([2H])[2H])(C([2H])([2H])[2H])C([2H])([2H])[2H])cc6)ccn5)cc(-c5ccccc5)c4)cccc32)c(-c2ccc(C(C)(C)C)cc2)cc1-c1ccccc1.[Pt]. The molecule has 0 saturated carbocycles. The van der Waals surface area contributed by atoms with Crippen LogP contribution in [0.1, 0.15) is 125 Å². The van der Waals surface area contributed by atoms with Gasteiger partial charge in [-0.05, 0) is 121 Å². The topological polar surface area (TPSA) is 50.9 Å². The van der Waals surface area contributed by atoms with Gasteiger partial charge in [-0.2, -0.15) is 0 Å². The van der Waals surface area contributed by atoms with Gasteiger partial charge in [0.25, 0.3) is 0 Å². The summed E-state index contributed by atoms with van der Waals surface area (Å²) in [6, 6.07) is 58.3. The average molecular weight is 1160 g/mol. The van der Waals surface area contributed by atoms with Crippen molar-refractivity contribution in [1.29, 1.82) is 0 Å². The molecule has 0 bridgehead atoms. The Morgan fingerprint density at radius 2 is 1.16 bits per heavy atom. The number of imidazole rings is 1. The van der Waals surface area contributed by atoms with E-state index in [1.807, 2.05) is 134 Å². The maximum absolute atomic E-state index is 12.6. The van der Waals surface area contributed by atoms with Gasteiger partial charge in [-0.1, -0.05) is 219 Å². The quantitative estimate of drug-likeness (QED) is 0.139. The standard InChI is InChI=1S/C69H66N3O.Pt/c1-43(2)51-39-58(44(3)4)66(73)61(40-51)67-71-65-57(53-36-52(46-19-14-12-15-20-46)37-54(38-53)62-41-50(33-34-70-62)47-25-29-55(30-26-47)68(6,7)8)23-18-24-63(65)72(67)64-35-45(5)59(48-21-16-13-17-22-48)42-60(64)49-27-31-56(32-28-49)69(9,10)11;/h12-37,39-44,73H,1-11H3;/q-1;/i5D3,6D3,7D3,8D3;. The first-order valence-corrected chi connectivity index (χ1v) is 24.8. The van der Waals surface area contributed by atoms with E-state index in [0.717, 1.165) is 44.5 Å². The molecule has 0 aliphatic carbocycles. The van der Waals surface area contributed by atoms with E-state index in [2.05, 4.69) is 65.0 Å². The molecule has 0 fully saturated rings. The maximum Gasteiger partial charge on any atom is 0.148 e. The number of hydrogen-bond acceptors (Lipinski definition) is 3. The van der Waals surface area contributed by atoms with Gasteiger partial charge in [-0.3, -0.25) is 9.55 Å². The Bertz CT molecular complexity index is 4070. The Morgan fingerprint density at radius 1 is 0.541 bits per heavy atom. The number of benzene rings is 8. The third kappa shape index (κ3) is 10.2. The molecule has 74 heavy (non-hydrogen) atoms. The predicted molar refractivity (Wildman–Crippen MR) is 308 cm³/mol. The molecule has 4 nitrogen and oxygen atoms in total.